The number of nitrogens with one attached hydrogen (secondary N) is 1. The lowest BCUT2D eigenvalue weighted by Crippen LogP contribution is -2.14. The first-order valence-corrected chi connectivity index (χ1v) is 8.73. The molecule has 3 aromatic rings. The van der Waals surface area contributed by atoms with E-state index in [9.17, 15) is 4.79 Å². The molecular formula is C18H18N4O2S. The smallest absolute Gasteiger partial charge is 0.236 e. The Morgan fingerprint density at radius 2 is 2.20 bits per heavy atom. The summed E-state index contributed by atoms with van der Waals surface area (Å²) in [5.74, 6) is 1.14. The zero-order chi connectivity index (χ0) is 17.6. The van der Waals surface area contributed by atoms with Crippen molar-refractivity contribution >= 4 is 23.5 Å². The number of nitrogens with zero attached hydrogens (tertiary/aromatic N) is 3. The van der Waals surface area contributed by atoms with Crippen LogP contribution in [0.4, 0.5) is 5.82 Å². The van der Waals surface area contributed by atoms with Crippen LogP contribution in [-0.4, -0.2) is 26.4 Å². The topological polar surface area (TPSA) is 73.0 Å². The SMILES string of the molecule is C=CCn1c(-c2ccccc2)cnc1SCC(=O)Nc1cc(C)on1. The van der Waals surface area contributed by atoms with Crippen LogP contribution in [0.15, 0.2) is 64.9 Å². The summed E-state index contributed by atoms with van der Waals surface area (Å²) < 4.78 is 6.97. The molecule has 1 N–H and O–H groups in total. The van der Waals surface area contributed by atoms with Crippen molar-refractivity contribution in [1.82, 2.24) is 14.7 Å². The predicted molar refractivity (Wildman–Crippen MR) is 98.5 cm³/mol. The van der Waals surface area contributed by atoms with Crippen molar-refractivity contribution in [2.75, 3.05) is 11.1 Å². The number of aromatic nitrogens is 3. The van der Waals surface area contributed by atoms with E-state index in [-0.39, 0.29) is 11.7 Å². The number of amides is 1. The van der Waals surface area contributed by atoms with E-state index in [2.05, 4.69) is 22.0 Å². The Morgan fingerprint density at radius 1 is 1.40 bits per heavy atom. The second-order valence-corrected chi connectivity index (χ2v) is 6.29. The number of imidazole rings is 1. The van der Waals surface area contributed by atoms with Crippen molar-refractivity contribution in [2.45, 2.75) is 18.6 Å². The molecule has 0 spiro atoms. The predicted octanol–water partition coefficient (Wildman–Crippen LogP) is 3.76. The van der Waals surface area contributed by atoms with Gasteiger partial charge in [0.05, 0.1) is 17.6 Å². The Morgan fingerprint density at radius 3 is 2.88 bits per heavy atom. The van der Waals surface area contributed by atoms with E-state index in [4.69, 9.17) is 4.52 Å². The maximum absolute atomic E-state index is 12.1. The van der Waals surface area contributed by atoms with Crippen LogP contribution in [0.25, 0.3) is 11.3 Å². The van der Waals surface area contributed by atoms with Crippen LogP contribution in [0.3, 0.4) is 0 Å². The lowest BCUT2D eigenvalue weighted by atomic mass is 10.2. The Labute approximate surface area is 149 Å². The maximum Gasteiger partial charge on any atom is 0.236 e. The van der Waals surface area contributed by atoms with Crippen LogP contribution in [0.2, 0.25) is 0 Å². The van der Waals surface area contributed by atoms with Gasteiger partial charge in [0.25, 0.3) is 0 Å². The molecule has 0 saturated heterocycles. The first-order valence-electron chi connectivity index (χ1n) is 7.75. The number of hydrogen-bond donors (Lipinski definition) is 1. The fourth-order valence-electron chi connectivity index (χ4n) is 2.35. The highest BCUT2D eigenvalue weighted by atomic mass is 32.2. The van der Waals surface area contributed by atoms with Gasteiger partial charge < -0.3 is 14.4 Å². The van der Waals surface area contributed by atoms with E-state index >= 15 is 0 Å². The molecule has 0 radical (unpaired) electrons. The second kappa shape index (κ2) is 7.85. The van der Waals surface area contributed by atoms with Gasteiger partial charge in [0.15, 0.2) is 11.0 Å². The van der Waals surface area contributed by atoms with Crippen LogP contribution in [0, 0.1) is 6.92 Å². The van der Waals surface area contributed by atoms with E-state index in [1.54, 1.807) is 13.0 Å². The average molecular weight is 354 g/mol. The molecule has 0 bridgehead atoms. The normalized spacial score (nSPS) is 10.6. The number of hydrogen-bond acceptors (Lipinski definition) is 5. The number of carbonyl (C=O) groups excluding carboxylic acids is 1. The van der Waals surface area contributed by atoms with E-state index in [1.165, 1.54) is 11.8 Å². The third kappa shape index (κ3) is 4.19. The molecule has 0 saturated carbocycles. The van der Waals surface area contributed by atoms with Gasteiger partial charge in [-0.05, 0) is 12.5 Å². The quantitative estimate of drug-likeness (QED) is 0.516. The molecule has 7 heteroatoms. The van der Waals surface area contributed by atoms with Crippen molar-refractivity contribution < 1.29 is 9.32 Å². The van der Waals surface area contributed by atoms with Gasteiger partial charge in [0.2, 0.25) is 5.91 Å². The lowest BCUT2D eigenvalue weighted by Gasteiger charge is -2.09. The lowest BCUT2D eigenvalue weighted by molar-refractivity contribution is -0.113. The molecule has 1 aromatic carbocycles. The Kier molecular flexibility index (Phi) is 5.35. The fourth-order valence-corrected chi connectivity index (χ4v) is 3.14. The van der Waals surface area contributed by atoms with E-state index < -0.39 is 0 Å². The maximum atomic E-state index is 12.1. The zero-order valence-electron chi connectivity index (χ0n) is 13.8. The summed E-state index contributed by atoms with van der Waals surface area (Å²) >= 11 is 1.37. The molecule has 1 amide bonds. The van der Waals surface area contributed by atoms with Crippen molar-refractivity contribution in [3.8, 4) is 11.3 Å². The molecule has 0 aliphatic carbocycles. The molecule has 0 unspecified atom stereocenters. The number of aryl methyl sites for hydroxylation is 1. The van der Waals surface area contributed by atoms with Crippen molar-refractivity contribution in [1.29, 1.82) is 0 Å². The molecule has 0 aliphatic rings. The van der Waals surface area contributed by atoms with Crippen LogP contribution in [0.5, 0.6) is 0 Å². The molecule has 3 rings (SSSR count). The first-order chi connectivity index (χ1) is 12.2. The zero-order valence-corrected chi connectivity index (χ0v) is 14.6. The second-order valence-electron chi connectivity index (χ2n) is 5.35. The van der Waals surface area contributed by atoms with Gasteiger partial charge in [-0.15, -0.1) is 6.58 Å². The first kappa shape index (κ1) is 17.0. The van der Waals surface area contributed by atoms with Gasteiger partial charge in [0.1, 0.15) is 5.76 Å². The van der Waals surface area contributed by atoms with Gasteiger partial charge in [-0.1, -0.05) is 53.3 Å². The highest BCUT2D eigenvalue weighted by molar-refractivity contribution is 7.99. The number of anilines is 1. The molecular weight excluding hydrogens is 336 g/mol. The monoisotopic (exact) mass is 354 g/mol. The Hall–Kier alpha value is -2.80. The van der Waals surface area contributed by atoms with Gasteiger partial charge in [-0.2, -0.15) is 0 Å². The minimum atomic E-state index is -0.160. The summed E-state index contributed by atoms with van der Waals surface area (Å²) in [6.07, 6.45) is 3.64. The molecule has 2 heterocycles. The molecule has 25 heavy (non-hydrogen) atoms. The molecule has 128 valence electrons. The van der Waals surface area contributed by atoms with Crippen molar-refractivity contribution in [3.63, 3.8) is 0 Å². The number of benzene rings is 1. The van der Waals surface area contributed by atoms with Crippen LogP contribution >= 0.6 is 11.8 Å². The minimum Gasteiger partial charge on any atom is -0.360 e. The summed E-state index contributed by atoms with van der Waals surface area (Å²) in [6.45, 7) is 6.20. The summed E-state index contributed by atoms with van der Waals surface area (Å²) in [7, 11) is 0. The Bertz CT molecular complexity index is 870. The Balaban J connectivity index is 1.70. The van der Waals surface area contributed by atoms with Crippen LogP contribution in [0.1, 0.15) is 5.76 Å². The number of rotatable bonds is 7. The largest absolute Gasteiger partial charge is 0.360 e. The van der Waals surface area contributed by atoms with Gasteiger partial charge in [0, 0.05) is 12.6 Å². The molecule has 2 aromatic heterocycles. The van der Waals surface area contributed by atoms with E-state index in [1.807, 2.05) is 47.2 Å². The van der Waals surface area contributed by atoms with Gasteiger partial charge in [-0.25, -0.2) is 4.98 Å². The molecule has 0 aliphatic heterocycles. The van der Waals surface area contributed by atoms with E-state index in [0.29, 0.717) is 18.1 Å². The van der Waals surface area contributed by atoms with Gasteiger partial charge in [-0.3, -0.25) is 4.79 Å². The molecule has 0 fully saturated rings. The molecule has 0 atom stereocenters. The summed E-state index contributed by atoms with van der Waals surface area (Å²) in [5, 5.41) is 7.22. The summed E-state index contributed by atoms with van der Waals surface area (Å²) in [4.78, 5) is 16.5. The summed E-state index contributed by atoms with van der Waals surface area (Å²) in [5.41, 5.74) is 2.07. The third-order valence-corrected chi connectivity index (χ3v) is 4.42. The summed E-state index contributed by atoms with van der Waals surface area (Å²) in [6, 6.07) is 11.7. The number of allylic oxidation sites excluding steroid dienone is 1. The van der Waals surface area contributed by atoms with Gasteiger partial charge >= 0.3 is 0 Å². The van der Waals surface area contributed by atoms with E-state index in [0.717, 1.165) is 16.4 Å². The fraction of sp³-hybridized carbons (Fsp3) is 0.167. The third-order valence-electron chi connectivity index (χ3n) is 3.43. The standard InChI is InChI=1S/C18H18N4O2S/c1-3-9-22-15(14-7-5-4-6-8-14)11-19-18(22)25-12-17(23)20-16-10-13(2)24-21-16/h3-8,10-11H,1,9,12H2,2H3,(H,20,21,23). The number of carbonyl (C=O) groups is 1. The molecule has 6 nitrogen and oxygen atoms in total. The average Bonchev–Trinajstić information content (AvgIpc) is 3.20. The highest BCUT2D eigenvalue weighted by Crippen LogP contribution is 2.26. The minimum absolute atomic E-state index is 0.160. The number of thioether (sulfide) groups is 1. The highest BCUT2D eigenvalue weighted by Gasteiger charge is 2.13. The van der Waals surface area contributed by atoms with Crippen molar-refractivity contribution in [2.24, 2.45) is 0 Å². The van der Waals surface area contributed by atoms with Crippen LogP contribution < -0.4 is 5.32 Å². The van der Waals surface area contributed by atoms with Crippen molar-refractivity contribution in [3.05, 3.63) is 61.0 Å². The van der Waals surface area contributed by atoms with Crippen LogP contribution in [-0.2, 0) is 11.3 Å².